The summed E-state index contributed by atoms with van der Waals surface area (Å²) in [5, 5.41) is 6.87. The molecule has 0 amide bonds. The van der Waals surface area contributed by atoms with E-state index < -0.39 is 0 Å². The maximum absolute atomic E-state index is 5.65. The van der Waals surface area contributed by atoms with Crippen molar-refractivity contribution in [2.75, 3.05) is 20.3 Å². The van der Waals surface area contributed by atoms with E-state index in [1.54, 1.807) is 7.11 Å². The molecule has 0 aliphatic carbocycles. The van der Waals surface area contributed by atoms with Crippen LogP contribution in [0.3, 0.4) is 0 Å². The number of aromatic nitrogens is 1. The smallest absolute Gasteiger partial charge is 0.189 e. The average Bonchev–Trinajstić information content (AvgIpc) is 2.75. The molecule has 0 atom stereocenters. The van der Waals surface area contributed by atoms with Gasteiger partial charge in [-0.1, -0.05) is 19.0 Å². The van der Waals surface area contributed by atoms with Crippen LogP contribution in [0.15, 0.2) is 15.6 Å². The molecule has 0 spiro atoms. The summed E-state index contributed by atoms with van der Waals surface area (Å²) in [5.41, 5.74) is 6.58. The van der Waals surface area contributed by atoms with E-state index in [9.17, 15) is 0 Å². The molecule has 0 radical (unpaired) electrons. The summed E-state index contributed by atoms with van der Waals surface area (Å²) in [6, 6.07) is 1.90. The first-order valence-corrected chi connectivity index (χ1v) is 5.61. The van der Waals surface area contributed by atoms with Crippen LogP contribution in [0.4, 0.5) is 0 Å². The first-order valence-electron chi connectivity index (χ1n) is 5.61. The van der Waals surface area contributed by atoms with Gasteiger partial charge in [0.2, 0.25) is 0 Å². The van der Waals surface area contributed by atoms with E-state index in [4.69, 9.17) is 15.0 Å². The number of ether oxygens (including phenoxy) is 1. The predicted octanol–water partition coefficient (Wildman–Crippen LogP) is 1.47. The number of nitrogens with two attached hydrogens (primary N) is 1. The summed E-state index contributed by atoms with van der Waals surface area (Å²) >= 11 is 0. The standard InChI is InChI=1S/C11H20N4O2.HI/c1-8(2)10-6-9(17-15-10)7-14-11(12)13-4-5-16-3;/h6,8H,4-5,7H2,1-3H3,(H3,12,13,14);1H. The SMILES string of the molecule is COCCNC(N)=NCc1cc(C(C)C)no1.I. The summed E-state index contributed by atoms with van der Waals surface area (Å²) in [4.78, 5) is 4.13. The topological polar surface area (TPSA) is 85.7 Å². The fraction of sp³-hybridized carbons (Fsp3) is 0.636. The van der Waals surface area contributed by atoms with Gasteiger partial charge in [-0.05, 0) is 5.92 Å². The molecule has 1 aromatic heterocycles. The number of rotatable bonds is 6. The zero-order chi connectivity index (χ0) is 12.7. The Hall–Kier alpha value is -0.830. The Kier molecular flexibility index (Phi) is 8.73. The fourth-order valence-corrected chi connectivity index (χ4v) is 1.18. The normalized spacial score (nSPS) is 11.4. The molecular formula is C11H21IN4O2. The van der Waals surface area contributed by atoms with Gasteiger partial charge in [0.25, 0.3) is 0 Å². The summed E-state index contributed by atoms with van der Waals surface area (Å²) < 4.78 is 10.0. The zero-order valence-electron chi connectivity index (χ0n) is 11.0. The lowest BCUT2D eigenvalue weighted by Crippen LogP contribution is -2.34. The van der Waals surface area contributed by atoms with E-state index in [1.165, 1.54) is 0 Å². The first-order chi connectivity index (χ1) is 8.13. The van der Waals surface area contributed by atoms with Crippen molar-refractivity contribution in [1.29, 1.82) is 0 Å². The Morgan fingerprint density at radius 3 is 2.89 bits per heavy atom. The largest absolute Gasteiger partial charge is 0.383 e. The van der Waals surface area contributed by atoms with E-state index in [0.29, 0.717) is 37.3 Å². The molecule has 0 aromatic carbocycles. The van der Waals surface area contributed by atoms with E-state index in [-0.39, 0.29) is 24.0 Å². The van der Waals surface area contributed by atoms with Crippen molar-refractivity contribution in [2.45, 2.75) is 26.3 Å². The van der Waals surface area contributed by atoms with Crippen molar-refractivity contribution in [3.05, 3.63) is 17.5 Å². The van der Waals surface area contributed by atoms with Crippen molar-refractivity contribution in [1.82, 2.24) is 10.5 Å². The second kappa shape index (κ2) is 9.15. The minimum atomic E-state index is 0. The molecule has 0 bridgehead atoms. The maximum Gasteiger partial charge on any atom is 0.189 e. The van der Waals surface area contributed by atoms with Crippen molar-refractivity contribution >= 4 is 29.9 Å². The van der Waals surface area contributed by atoms with E-state index >= 15 is 0 Å². The molecule has 0 saturated heterocycles. The van der Waals surface area contributed by atoms with E-state index in [0.717, 1.165) is 5.69 Å². The Bertz CT molecular complexity index is 366. The maximum atomic E-state index is 5.65. The van der Waals surface area contributed by atoms with Gasteiger partial charge in [0.15, 0.2) is 11.7 Å². The van der Waals surface area contributed by atoms with Gasteiger partial charge in [-0.3, -0.25) is 0 Å². The second-order valence-corrected chi connectivity index (χ2v) is 3.99. The Balaban J connectivity index is 0.00000289. The minimum Gasteiger partial charge on any atom is -0.383 e. The molecule has 0 unspecified atom stereocenters. The number of aliphatic imine (C=N–C) groups is 1. The number of nitrogens with zero attached hydrogens (tertiary/aromatic N) is 2. The second-order valence-electron chi connectivity index (χ2n) is 3.99. The third kappa shape index (κ3) is 6.20. The molecule has 0 aliphatic heterocycles. The van der Waals surface area contributed by atoms with Gasteiger partial charge in [0, 0.05) is 19.7 Å². The molecule has 1 rings (SSSR count). The number of nitrogens with one attached hydrogen (secondary N) is 1. The quantitative estimate of drug-likeness (QED) is 0.344. The van der Waals surface area contributed by atoms with Crippen molar-refractivity contribution in [3.63, 3.8) is 0 Å². The van der Waals surface area contributed by atoms with Crippen LogP contribution in [-0.2, 0) is 11.3 Å². The molecule has 0 saturated carbocycles. The summed E-state index contributed by atoms with van der Waals surface area (Å²) in [5.74, 6) is 1.45. The number of methoxy groups -OCH3 is 1. The molecule has 7 heteroatoms. The van der Waals surface area contributed by atoms with Crippen LogP contribution in [0, 0.1) is 0 Å². The first kappa shape index (κ1) is 17.2. The lowest BCUT2D eigenvalue weighted by atomic mass is 10.1. The van der Waals surface area contributed by atoms with Crippen LogP contribution < -0.4 is 11.1 Å². The van der Waals surface area contributed by atoms with Gasteiger partial charge < -0.3 is 20.3 Å². The number of hydrogen-bond acceptors (Lipinski definition) is 4. The number of guanidine groups is 1. The molecule has 18 heavy (non-hydrogen) atoms. The molecule has 1 aromatic rings. The highest BCUT2D eigenvalue weighted by molar-refractivity contribution is 14.0. The van der Waals surface area contributed by atoms with Crippen molar-refractivity contribution < 1.29 is 9.26 Å². The van der Waals surface area contributed by atoms with Gasteiger partial charge in [0.1, 0.15) is 6.54 Å². The molecule has 1 heterocycles. The monoisotopic (exact) mass is 368 g/mol. The molecule has 0 aliphatic rings. The van der Waals surface area contributed by atoms with Gasteiger partial charge >= 0.3 is 0 Å². The van der Waals surface area contributed by atoms with Gasteiger partial charge in [-0.15, -0.1) is 24.0 Å². The highest BCUT2D eigenvalue weighted by Gasteiger charge is 2.06. The highest BCUT2D eigenvalue weighted by Crippen LogP contribution is 2.14. The van der Waals surface area contributed by atoms with Crippen molar-refractivity contribution in [3.8, 4) is 0 Å². The van der Waals surface area contributed by atoms with Crippen molar-refractivity contribution in [2.24, 2.45) is 10.7 Å². The highest BCUT2D eigenvalue weighted by atomic mass is 127. The summed E-state index contributed by atoms with van der Waals surface area (Å²) in [6.07, 6.45) is 0. The van der Waals surface area contributed by atoms with Crippen LogP contribution in [0.25, 0.3) is 0 Å². The summed E-state index contributed by atoms with van der Waals surface area (Å²) in [7, 11) is 1.64. The Labute approximate surface area is 124 Å². The lowest BCUT2D eigenvalue weighted by Gasteiger charge is -2.03. The third-order valence-corrected chi connectivity index (χ3v) is 2.19. The van der Waals surface area contributed by atoms with Crippen LogP contribution in [0.1, 0.15) is 31.2 Å². The van der Waals surface area contributed by atoms with Crippen LogP contribution in [-0.4, -0.2) is 31.4 Å². The zero-order valence-corrected chi connectivity index (χ0v) is 13.3. The number of halogens is 1. The van der Waals surface area contributed by atoms with Gasteiger partial charge in [0.05, 0.1) is 12.3 Å². The van der Waals surface area contributed by atoms with Gasteiger partial charge in [-0.2, -0.15) is 0 Å². The Morgan fingerprint density at radius 1 is 1.61 bits per heavy atom. The summed E-state index contributed by atoms with van der Waals surface area (Å²) in [6.45, 7) is 5.75. The Morgan fingerprint density at radius 2 is 2.33 bits per heavy atom. The average molecular weight is 368 g/mol. The molecular weight excluding hydrogens is 347 g/mol. The fourth-order valence-electron chi connectivity index (χ4n) is 1.18. The van der Waals surface area contributed by atoms with Crippen LogP contribution in [0.5, 0.6) is 0 Å². The van der Waals surface area contributed by atoms with E-state index in [2.05, 4.69) is 29.3 Å². The minimum absolute atomic E-state index is 0. The van der Waals surface area contributed by atoms with Gasteiger partial charge in [-0.25, -0.2) is 4.99 Å². The molecule has 6 nitrogen and oxygen atoms in total. The third-order valence-electron chi connectivity index (χ3n) is 2.19. The molecule has 3 N–H and O–H groups in total. The number of hydrogen-bond donors (Lipinski definition) is 2. The van der Waals surface area contributed by atoms with Crippen LogP contribution >= 0.6 is 24.0 Å². The molecule has 104 valence electrons. The van der Waals surface area contributed by atoms with E-state index in [1.807, 2.05) is 6.07 Å². The molecule has 0 fully saturated rings. The van der Waals surface area contributed by atoms with Crippen LogP contribution in [0.2, 0.25) is 0 Å². The predicted molar refractivity (Wildman–Crippen MR) is 81.2 cm³/mol. The lowest BCUT2D eigenvalue weighted by molar-refractivity contribution is 0.204.